The molecule has 1 aromatic rings. The second-order valence-electron chi connectivity index (χ2n) is 2.58. The van der Waals surface area contributed by atoms with Crippen LogP contribution in [0.15, 0.2) is 23.1 Å². The van der Waals surface area contributed by atoms with Crippen LogP contribution in [-0.4, -0.2) is 8.42 Å². The lowest BCUT2D eigenvalue weighted by Crippen LogP contribution is -2.10. The lowest BCUT2D eigenvalue weighted by atomic mass is 10.2. The molecule has 0 radical (unpaired) electrons. The molecule has 0 N–H and O–H groups in total. The van der Waals surface area contributed by atoms with Crippen LogP contribution in [0, 0.1) is 3.57 Å². The number of hydrogen-bond acceptors (Lipinski definition) is 2. The van der Waals surface area contributed by atoms with Crippen LogP contribution in [0.2, 0.25) is 0 Å². The summed E-state index contributed by atoms with van der Waals surface area (Å²) in [5.41, 5.74) is -1.25. The maximum Gasteiger partial charge on any atom is 0.417 e. The minimum absolute atomic E-state index is 0.361. The van der Waals surface area contributed by atoms with Crippen LogP contribution < -0.4 is 0 Å². The van der Waals surface area contributed by atoms with Gasteiger partial charge in [0.25, 0.3) is 9.05 Å². The molecule has 0 heterocycles. The Kier molecular flexibility index (Phi) is 3.56. The SMILES string of the molecule is O=S(=O)(Cl)c1cc(I)ccc1C(F)(F)F. The normalized spacial score (nSPS) is 12.9. The first-order valence-corrected chi connectivity index (χ1v) is 6.82. The van der Waals surface area contributed by atoms with Gasteiger partial charge >= 0.3 is 6.18 Å². The minimum atomic E-state index is -4.73. The number of alkyl halides is 3. The monoisotopic (exact) mass is 370 g/mol. The van der Waals surface area contributed by atoms with Crippen LogP contribution in [0.25, 0.3) is 0 Å². The largest absolute Gasteiger partial charge is 0.417 e. The van der Waals surface area contributed by atoms with E-state index in [1.165, 1.54) is 0 Å². The van der Waals surface area contributed by atoms with Gasteiger partial charge in [0.1, 0.15) is 0 Å². The highest BCUT2D eigenvalue weighted by Crippen LogP contribution is 2.36. The van der Waals surface area contributed by atoms with Gasteiger partial charge in [-0.05, 0) is 40.8 Å². The summed E-state index contributed by atoms with van der Waals surface area (Å²) in [6.07, 6.45) is -4.73. The van der Waals surface area contributed by atoms with E-state index in [0.717, 1.165) is 12.1 Å². The Morgan fingerprint density at radius 3 is 2.20 bits per heavy atom. The van der Waals surface area contributed by atoms with Crippen LogP contribution in [0.1, 0.15) is 5.56 Å². The maximum absolute atomic E-state index is 12.4. The molecule has 0 aromatic heterocycles. The summed E-state index contributed by atoms with van der Waals surface area (Å²) in [5.74, 6) is 0. The first kappa shape index (κ1) is 13.0. The fraction of sp³-hybridized carbons (Fsp3) is 0.143. The molecule has 0 spiro atoms. The van der Waals surface area contributed by atoms with Crippen molar-refractivity contribution in [1.82, 2.24) is 0 Å². The van der Waals surface area contributed by atoms with E-state index < -0.39 is 25.7 Å². The van der Waals surface area contributed by atoms with Gasteiger partial charge in [0.2, 0.25) is 0 Å². The molecule has 1 rings (SSSR count). The molecule has 0 saturated heterocycles. The van der Waals surface area contributed by atoms with Crippen molar-refractivity contribution in [2.24, 2.45) is 0 Å². The van der Waals surface area contributed by atoms with Gasteiger partial charge in [0, 0.05) is 14.3 Å². The zero-order valence-corrected chi connectivity index (χ0v) is 10.6. The Bertz CT molecular complexity index is 483. The third-order valence-electron chi connectivity index (χ3n) is 1.51. The number of hydrogen-bond donors (Lipinski definition) is 0. The molecule has 1 aromatic carbocycles. The molecule has 8 heteroatoms. The maximum atomic E-state index is 12.4. The fourth-order valence-electron chi connectivity index (χ4n) is 0.932. The fourth-order valence-corrected chi connectivity index (χ4v) is 2.73. The molecule has 15 heavy (non-hydrogen) atoms. The van der Waals surface area contributed by atoms with Crippen molar-refractivity contribution in [3.63, 3.8) is 0 Å². The molecule has 0 aliphatic carbocycles. The predicted octanol–water partition coefficient (Wildman–Crippen LogP) is 3.24. The molecule has 0 bridgehead atoms. The van der Waals surface area contributed by atoms with Gasteiger partial charge in [-0.3, -0.25) is 0 Å². The van der Waals surface area contributed by atoms with E-state index in [1.54, 1.807) is 22.6 Å². The van der Waals surface area contributed by atoms with E-state index in [9.17, 15) is 21.6 Å². The van der Waals surface area contributed by atoms with E-state index in [0.29, 0.717) is 9.64 Å². The molecular formula is C7H3ClF3IO2S. The molecule has 0 aliphatic rings. The lowest BCUT2D eigenvalue weighted by molar-refractivity contribution is -0.139. The molecule has 2 nitrogen and oxygen atoms in total. The van der Waals surface area contributed by atoms with Gasteiger partial charge in [0.05, 0.1) is 10.5 Å². The standard InChI is InChI=1S/C7H3ClF3IO2S/c8-15(13,14)6-3-4(12)1-2-5(6)7(9,10)11/h1-3H. The first-order valence-electron chi connectivity index (χ1n) is 3.44. The topological polar surface area (TPSA) is 34.1 Å². The first-order chi connectivity index (χ1) is 6.62. The third-order valence-corrected chi connectivity index (χ3v) is 3.54. The smallest absolute Gasteiger partial charge is 0.207 e. The van der Waals surface area contributed by atoms with Crippen molar-refractivity contribution in [1.29, 1.82) is 0 Å². The highest BCUT2D eigenvalue weighted by Gasteiger charge is 2.36. The predicted molar refractivity (Wildman–Crippen MR) is 57.2 cm³/mol. The minimum Gasteiger partial charge on any atom is -0.207 e. The Morgan fingerprint density at radius 2 is 1.80 bits per heavy atom. The number of rotatable bonds is 1. The van der Waals surface area contributed by atoms with Gasteiger partial charge in [-0.25, -0.2) is 8.42 Å². The molecular weight excluding hydrogens is 367 g/mol. The molecule has 0 unspecified atom stereocenters. The van der Waals surface area contributed by atoms with E-state index >= 15 is 0 Å². The van der Waals surface area contributed by atoms with Crippen LogP contribution in [0.5, 0.6) is 0 Å². The van der Waals surface area contributed by atoms with Crippen LogP contribution >= 0.6 is 33.3 Å². The van der Waals surface area contributed by atoms with Gasteiger partial charge in [-0.2, -0.15) is 13.2 Å². The number of halogens is 5. The quantitative estimate of drug-likeness (QED) is 0.562. The van der Waals surface area contributed by atoms with Crippen molar-refractivity contribution in [2.75, 3.05) is 0 Å². The summed E-state index contributed by atoms with van der Waals surface area (Å²) in [6.45, 7) is 0. The third kappa shape index (κ3) is 3.22. The van der Waals surface area contributed by atoms with E-state index in [1.807, 2.05) is 0 Å². The summed E-state index contributed by atoms with van der Waals surface area (Å²) < 4.78 is 59.3. The van der Waals surface area contributed by atoms with Gasteiger partial charge in [-0.15, -0.1) is 0 Å². The van der Waals surface area contributed by atoms with Crippen molar-refractivity contribution < 1.29 is 21.6 Å². The molecule has 0 saturated carbocycles. The Labute approximate surface area is 102 Å². The number of benzene rings is 1. The van der Waals surface area contributed by atoms with Crippen LogP contribution in [0.4, 0.5) is 13.2 Å². The summed E-state index contributed by atoms with van der Waals surface area (Å²) in [6, 6.07) is 2.73. The summed E-state index contributed by atoms with van der Waals surface area (Å²) in [5, 5.41) is 0. The van der Waals surface area contributed by atoms with Crippen molar-refractivity contribution in [3.8, 4) is 0 Å². The highest BCUT2D eigenvalue weighted by molar-refractivity contribution is 14.1. The Balaban J connectivity index is 3.55. The van der Waals surface area contributed by atoms with Crippen LogP contribution in [-0.2, 0) is 15.2 Å². The van der Waals surface area contributed by atoms with E-state index in [2.05, 4.69) is 0 Å². The average Bonchev–Trinajstić information content (AvgIpc) is 2.00. The Hall–Kier alpha value is -0.0200. The van der Waals surface area contributed by atoms with Crippen molar-refractivity contribution in [3.05, 3.63) is 27.3 Å². The highest BCUT2D eigenvalue weighted by atomic mass is 127. The summed E-state index contributed by atoms with van der Waals surface area (Å²) >= 11 is 1.70. The molecule has 84 valence electrons. The zero-order valence-electron chi connectivity index (χ0n) is 6.85. The molecule has 0 atom stereocenters. The summed E-state index contributed by atoms with van der Waals surface area (Å²) in [4.78, 5) is -0.913. The molecule has 0 aliphatic heterocycles. The molecule has 0 amide bonds. The van der Waals surface area contributed by atoms with E-state index in [-0.39, 0.29) is 0 Å². The van der Waals surface area contributed by atoms with Crippen LogP contribution in [0.3, 0.4) is 0 Å². The van der Waals surface area contributed by atoms with Crippen molar-refractivity contribution in [2.45, 2.75) is 11.1 Å². The summed E-state index contributed by atoms with van der Waals surface area (Å²) in [7, 11) is 0.519. The molecule has 0 fully saturated rings. The second kappa shape index (κ2) is 4.10. The Morgan fingerprint density at radius 1 is 1.27 bits per heavy atom. The van der Waals surface area contributed by atoms with Gasteiger partial charge in [0.15, 0.2) is 0 Å². The van der Waals surface area contributed by atoms with Gasteiger partial charge in [-0.1, -0.05) is 0 Å². The van der Waals surface area contributed by atoms with Crippen molar-refractivity contribution >= 4 is 42.3 Å². The van der Waals surface area contributed by atoms with E-state index in [4.69, 9.17) is 10.7 Å². The van der Waals surface area contributed by atoms with Gasteiger partial charge < -0.3 is 0 Å². The zero-order chi connectivity index (χ0) is 11.9. The second-order valence-corrected chi connectivity index (χ2v) is 6.36. The average molecular weight is 371 g/mol. The lowest BCUT2D eigenvalue weighted by Gasteiger charge is -2.10.